The van der Waals surface area contributed by atoms with Crippen LogP contribution in [0.3, 0.4) is 0 Å². The van der Waals surface area contributed by atoms with Crippen LogP contribution in [0.1, 0.15) is 93.4 Å². The Hall–Kier alpha value is -1.32. The summed E-state index contributed by atoms with van der Waals surface area (Å²) >= 11 is 0. The molecular formula is C31H55NO7. The van der Waals surface area contributed by atoms with Gasteiger partial charge in [-0.25, -0.2) is 0 Å². The third-order valence-corrected chi connectivity index (χ3v) is 8.85. The quantitative estimate of drug-likeness (QED) is 0.379. The lowest BCUT2D eigenvalue weighted by Crippen LogP contribution is -2.56. The maximum absolute atomic E-state index is 13.2. The highest BCUT2D eigenvalue weighted by Crippen LogP contribution is 2.34. The van der Waals surface area contributed by atoms with Gasteiger partial charge in [-0.1, -0.05) is 52.7 Å². The van der Waals surface area contributed by atoms with Crippen LogP contribution in [0.5, 0.6) is 0 Å². The van der Waals surface area contributed by atoms with Gasteiger partial charge in [-0.05, 0) is 59.5 Å². The van der Waals surface area contributed by atoms with Crippen molar-refractivity contribution in [1.29, 1.82) is 0 Å². The van der Waals surface area contributed by atoms with Gasteiger partial charge in [0.05, 0.1) is 24.7 Å². The Balaban J connectivity index is 2.40. The van der Waals surface area contributed by atoms with Crippen molar-refractivity contribution in [1.82, 2.24) is 4.90 Å². The van der Waals surface area contributed by atoms with E-state index in [-0.39, 0.29) is 48.2 Å². The highest BCUT2D eigenvalue weighted by Gasteiger charge is 2.43. The maximum Gasteiger partial charge on any atom is 0.308 e. The van der Waals surface area contributed by atoms with E-state index < -0.39 is 36.5 Å². The van der Waals surface area contributed by atoms with E-state index >= 15 is 0 Å². The van der Waals surface area contributed by atoms with Crippen molar-refractivity contribution in [2.24, 2.45) is 23.7 Å². The van der Waals surface area contributed by atoms with Crippen LogP contribution in [-0.2, 0) is 23.8 Å². The van der Waals surface area contributed by atoms with E-state index in [2.05, 4.69) is 6.08 Å². The number of aliphatic hydroxyl groups excluding tert-OH is 2. The number of ether oxygens (including phenoxy) is 3. The molecule has 2 aliphatic heterocycles. The molecular weight excluding hydrogens is 498 g/mol. The van der Waals surface area contributed by atoms with Crippen molar-refractivity contribution in [2.75, 3.05) is 14.1 Å². The molecule has 2 rings (SSSR count). The molecule has 0 saturated carbocycles. The Labute approximate surface area is 236 Å². The van der Waals surface area contributed by atoms with Crippen molar-refractivity contribution >= 4 is 11.8 Å². The van der Waals surface area contributed by atoms with E-state index in [0.717, 1.165) is 5.57 Å². The van der Waals surface area contributed by atoms with Gasteiger partial charge in [0.2, 0.25) is 0 Å². The number of esters is 1. The summed E-state index contributed by atoms with van der Waals surface area (Å²) in [6.45, 7) is 13.9. The number of carbonyl (C=O) groups is 2. The van der Waals surface area contributed by atoms with Crippen LogP contribution in [-0.4, -0.2) is 83.8 Å². The van der Waals surface area contributed by atoms with Crippen LogP contribution in [0.15, 0.2) is 11.6 Å². The molecule has 0 aliphatic carbocycles. The Kier molecular flexibility index (Phi) is 13.6. The van der Waals surface area contributed by atoms with Gasteiger partial charge in [0.25, 0.3) is 0 Å². The Morgan fingerprint density at radius 1 is 1.03 bits per heavy atom. The molecule has 0 aromatic rings. The molecule has 8 nitrogen and oxygen atoms in total. The van der Waals surface area contributed by atoms with E-state index in [1.165, 1.54) is 0 Å². The number of hydrogen-bond acceptors (Lipinski definition) is 8. The second-order valence-electron chi connectivity index (χ2n) is 12.4. The van der Waals surface area contributed by atoms with Gasteiger partial charge in [0.1, 0.15) is 18.0 Å². The fourth-order valence-electron chi connectivity index (χ4n) is 6.15. The van der Waals surface area contributed by atoms with E-state index in [1.807, 2.05) is 67.5 Å². The minimum absolute atomic E-state index is 0.00562. The molecule has 0 spiro atoms. The first-order valence-corrected chi connectivity index (χ1v) is 15.0. The zero-order valence-electron chi connectivity index (χ0n) is 25.8. The largest absolute Gasteiger partial charge is 0.462 e. The fraction of sp³-hybridized carbons (Fsp3) is 0.871. The minimum atomic E-state index is -1.01. The number of ketones is 1. The summed E-state index contributed by atoms with van der Waals surface area (Å²) in [5, 5.41) is 22.4. The molecule has 0 amide bonds. The maximum atomic E-state index is 13.2. The van der Waals surface area contributed by atoms with Crippen LogP contribution in [0.4, 0.5) is 0 Å². The minimum Gasteiger partial charge on any atom is -0.462 e. The summed E-state index contributed by atoms with van der Waals surface area (Å²) in [5.74, 6) is -0.932. The lowest BCUT2D eigenvalue weighted by molar-refractivity contribution is -0.283. The molecule has 2 aliphatic rings. The molecule has 0 aromatic carbocycles. The topological polar surface area (TPSA) is 106 Å². The molecule has 226 valence electrons. The third-order valence-electron chi connectivity index (χ3n) is 8.85. The van der Waals surface area contributed by atoms with Gasteiger partial charge < -0.3 is 29.3 Å². The summed E-state index contributed by atoms with van der Waals surface area (Å²) < 4.78 is 18.4. The van der Waals surface area contributed by atoms with E-state index in [1.54, 1.807) is 0 Å². The highest BCUT2D eigenvalue weighted by molar-refractivity contribution is 5.80. The predicted molar refractivity (Wildman–Crippen MR) is 152 cm³/mol. The number of aliphatic hydroxyl groups is 2. The van der Waals surface area contributed by atoms with Gasteiger partial charge >= 0.3 is 5.97 Å². The second-order valence-corrected chi connectivity index (χ2v) is 12.4. The molecule has 2 heterocycles. The van der Waals surface area contributed by atoms with Crippen molar-refractivity contribution in [3.8, 4) is 0 Å². The van der Waals surface area contributed by atoms with Crippen molar-refractivity contribution < 1.29 is 34.0 Å². The molecule has 8 heteroatoms. The predicted octanol–water partition coefficient (Wildman–Crippen LogP) is 4.50. The number of Topliss-reactive ketones (excluding diaryl/α,β-unsaturated/α-hetero) is 1. The first-order chi connectivity index (χ1) is 18.3. The summed E-state index contributed by atoms with van der Waals surface area (Å²) in [4.78, 5) is 28.1. The number of hydrogen-bond donors (Lipinski definition) is 2. The zero-order valence-corrected chi connectivity index (χ0v) is 25.8. The molecule has 0 aromatic heterocycles. The van der Waals surface area contributed by atoms with Gasteiger partial charge in [-0.15, -0.1) is 0 Å². The van der Waals surface area contributed by atoms with Gasteiger partial charge in [0.15, 0.2) is 6.29 Å². The Morgan fingerprint density at radius 2 is 1.69 bits per heavy atom. The Morgan fingerprint density at radius 3 is 2.28 bits per heavy atom. The normalized spacial score (nSPS) is 41.6. The van der Waals surface area contributed by atoms with Gasteiger partial charge in [-0.2, -0.15) is 0 Å². The van der Waals surface area contributed by atoms with Gasteiger partial charge in [-0.3, -0.25) is 9.59 Å². The summed E-state index contributed by atoms with van der Waals surface area (Å²) in [7, 11) is 3.85. The molecule has 39 heavy (non-hydrogen) atoms. The lowest BCUT2D eigenvalue weighted by atomic mass is 9.79. The van der Waals surface area contributed by atoms with Crippen molar-refractivity contribution in [3.63, 3.8) is 0 Å². The van der Waals surface area contributed by atoms with Crippen LogP contribution in [0.2, 0.25) is 0 Å². The fourth-order valence-corrected chi connectivity index (χ4v) is 6.15. The average Bonchev–Trinajstić information content (AvgIpc) is 2.87. The van der Waals surface area contributed by atoms with E-state index in [0.29, 0.717) is 38.5 Å². The van der Waals surface area contributed by atoms with Crippen LogP contribution in [0.25, 0.3) is 0 Å². The molecule has 1 saturated heterocycles. The molecule has 1 fully saturated rings. The third kappa shape index (κ3) is 9.63. The smallest absolute Gasteiger partial charge is 0.308 e. The SMILES string of the molecule is CC[C@H]1C[C@@H](C)C(=O)CC/C(C)=C/[C@H](C)[C@@H](CC)OC(=O)C[C@H](O)[C@H](C)[C@@H]1O[C@@H]1O[C@H](C)C[C@H](N(C)C)[C@H]1O. The highest BCUT2D eigenvalue weighted by atomic mass is 16.7. The van der Waals surface area contributed by atoms with Crippen LogP contribution in [0, 0.1) is 23.7 Å². The van der Waals surface area contributed by atoms with Crippen LogP contribution < -0.4 is 0 Å². The first-order valence-electron chi connectivity index (χ1n) is 15.0. The number of rotatable bonds is 5. The number of likely N-dealkylation sites (N-methyl/N-ethyl adjacent to an activating group) is 1. The second kappa shape index (κ2) is 15.6. The van der Waals surface area contributed by atoms with Crippen molar-refractivity contribution in [2.45, 2.75) is 136 Å². The monoisotopic (exact) mass is 553 g/mol. The molecule has 11 atom stereocenters. The summed E-state index contributed by atoms with van der Waals surface area (Å²) in [6, 6.07) is -0.134. The van der Waals surface area contributed by atoms with Gasteiger partial charge in [0, 0.05) is 30.2 Å². The molecule has 0 radical (unpaired) electrons. The van der Waals surface area contributed by atoms with Crippen LogP contribution >= 0.6 is 0 Å². The molecule has 0 unspecified atom stereocenters. The first kappa shape index (κ1) is 33.9. The molecule has 0 bridgehead atoms. The number of cyclic esters (lactones) is 1. The van der Waals surface area contributed by atoms with E-state index in [9.17, 15) is 19.8 Å². The summed E-state index contributed by atoms with van der Waals surface area (Å²) in [6.07, 6.45) is 2.01. The Bertz CT molecular complexity index is 815. The standard InChI is InChI=1S/C31H55NO7/c1-10-23-15-19(4)25(33)13-12-18(3)14-20(5)27(11-2)38-28(35)17-26(34)22(7)30(23)39-31-29(36)24(32(8)9)16-21(6)37-31/h14,19-24,26-27,29-31,34,36H,10-13,15-17H2,1-9H3/b18-14+/t19-,20+,21-,22+,23+,24+,26+,27-,29-,30+,31+/m1/s1. The summed E-state index contributed by atoms with van der Waals surface area (Å²) in [5.41, 5.74) is 1.11. The lowest BCUT2D eigenvalue weighted by Gasteiger charge is -2.44. The van der Waals surface area contributed by atoms with E-state index in [4.69, 9.17) is 14.2 Å². The number of nitrogens with zero attached hydrogens (tertiary/aromatic N) is 1. The molecule has 2 N–H and O–H groups in total. The zero-order chi connectivity index (χ0) is 29.4. The van der Waals surface area contributed by atoms with Crippen molar-refractivity contribution in [3.05, 3.63) is 11.6 Å². The number of allylic oxidation sites excluding steroid dienone is 1. The average molecular weight is 554 g/mol. The number of carbonyl (C=O) groups excluding carboxylic acids is 2.